The first-order valence-corrected chi connectivity index (χ1v) is 9.47. The van der Waals surface area contributed by atoms with E-state index in [9.17, 15) is 5.11 Å². The highest BCUT2D eigenvalue weighted by Gasteiger charge is 2.36. The second-order valence-corrected chi connectivity index (χ2v) is 11.2. The molecule has 0 heterocycles. The molecule has 0 spiro atoms. The molecule has 0 aliphatic rings. The van der Waals surface area contributed by atoms with Crippen LogP contribution in [0, 0.1) is 5.92 Å². The van der Waals surface area contributed by atoms with Crippen molar-refractivity contribution in [2.75, 3.05) is 6.61 Å². The van der Waals surface area contributed by atoms with E-state index in [-0.39, 0.29) is 17.1 Å². The van der Waals surface area contributed by atoms with Crippen LogP contribution in [-0.2, 0) is 4.43 Å². The molecule has 102 valence electrons. The second-order valence-electron chi connectivity index (χ2n) is 6.41. The van der Waals surface area contributed by atoms with Gasteiger partial charge in [0.1, 0.15) is 0 Å². The number of rotatable bonds is 7. The van der Waals surface area contributed by atoms with E-state index in [4.69, 9.17) is 4.43 Å². The van der Waals surface area contributed by atoms with Crippen LogP contribution in [0.15, 0.2) is 12.7 Å². The third-order valence-electron chi connectivity index (χ3n) is 3.89. The summed E-state index contributed by atoms with van der Waals surface area (Å²) < 4.78 is 6.06. The van der Waals surface area contributed by atoms with Crippen LogP contribution in [0.4, 0.5) is 0 Å². The molecule has 0 aromatic rings. The Morgan fingerprint density at radius 2 is 1.88 bits per heavy atom. The van der Waals surface area contributed by atoms with Gasteiger partial charge in [0.15, 0.2) is 8.32 Å². The van der Waals surface area contributed by atoms with Crippen LogP contribution in [-0.4, -0.2) is 26.1 Å². The molecule has 0 aliphatic carbocycles. The van der Waals surface area contributed by atoms with Crippen molar-refractivity contribution < 1.29 is 9.53 Å². The summed E-state index contributed by atoms with van der Waals surface area (Å²) in [6.07, 6.45) is 3.24. The Hall–Kier alpha value is -0.123. The summed E-state index contributed by atoms with van der Waals surface area (Å²) in [5.74, 6) is 0.169. The Kier molecular flexibility index (Phi) is 6.67. The maximum Gasteiger partial charge on any atom is 0.191 e. The maximum atomic E-state index is 9.79. The Balaban J connectivity index is 3.90. The van der Waals surface area contributed by atoms with Gasteiger partial charge >= 0.3 is 0 Å². The lowest BCUT2D eigenvalue weighted by atomic mass is 10.0. The van der Waals surface area contributed by atoms with Gasteiger partial charge in [0.05, 0.1) is 6.10 Å². The number of aliphatic hydroxyl groups excluding tert-OH is 1. The summed E-state index contributed by atoms with van der Waals surface area (Å²) in [6, 6.07) is 0. The molecular weight excluding hydrogens is 228 g/mol. The maximum absolute atomic E-state index is 9.79. The van der Waals surface area contributed by atoms with Gasteiger partial charge in [0, 0.05) is 6.61 Å². The van der Waals surface area contributed by atoms with Crippen LogP contribution in [0.3, 0.4) is 0 Å². The highest BCUT2D eigenvalue weighted by Crippen LogP contribution is 2.36. The van der Waals surface area contributed by atoms with E-state index >= 15 is 0 Å². The fraction of sp³-hybridized carbons (Fsp3) is 0.857. The topological polar surface area (TPSA) is 29.5 Å². The van der Waals surface area contributed by atoms with Crippen molar-refractivity contribution in [3.63, 3.8) is 0 Å². The van der Waals surface area contributed by atoms with Crippen molar-refractivity contribution in [1.29, 1.82) is 0 Å². The molecule has 0 rings (SSSR count). The SMILES string of the molecule is C=C[C@@H](C)[C@H](O)CCCO[Si](C)(C)C(C)(C)C. The Labute approximate surface area is 108 Å². The highest BCUT2D eigenvalue weighted by molar-refractivity contribution is 6.74. The van der Waals surface area contributed by atoms with Crippen molar-refractivity contribution in [2.45, 2.75) is 64.8 Å². The molecule has 0 amide bonds. The molecule has 0 aliphatic heterocycles. The van der Waals surface area contributed by atoms with Crippen molar-refractivity contribution in [2.24, 2.45) is 5.92 Å². The van der Waals surface area contributed by atoms with Gasteiger partial charge in [-0.3, -0.25) is 0 Å². The molecule has 0 bridgehead atoms. The van der Waals surface area contributed by atoms with E-state index < -0.39 is 8.32 Å². The quantitative estimate of drug-likeness (QED) is 0.425. The molecule has 2 atom stereocenters. The predicted octanol–water partition coefficient (Wildman–Crippen LogP) is 3.97. The summed E-state index contributed by atoms with van der Waals surface area (Å²) in [5, 5.41) is 10.1. The van der Waals surface area contributed by atoms with Gasteiger partial charge in [0.25, 0.3) is 0 Å². The van der Waals surface area contributed by atoms with Crippen molar-refractivity contribution in [1.82, 2.24) is 0 Å². The van der Waals surface area contributed by atoms with E-state index in [1.807, 2.05) is 6.92 Å². The van der Waals surface area contributed by atoms with Gasteiger partial charge in [-0.1, -0.05) is 33.8 Å². The normalized spacial score (nSPS) is 16.6. The zero-order valence-electron chi connectivity index (χ0n) is 12.4. The van der Waals surface area contributed by atoms with Crippen molar-refractivity contribution in [3.8, 4) is 0 Å². The first-order chi connectivity index (χ1) is 7.62. The van der Waals surface area contributed by atoms with Gasteiger partial charge in [-0.2, -0.15) is 0 Å². The molecular formula is C14H30O2Si. The first kappa shape index (κ1) is 16.9. The standard InChI is InChI=1S/C14H30O2Si/c1-8-12(2)13(15)10-9-11-16-17(6,7)14(3,4)5/h8,12-13,15H,1,9-11H2,2-7H3/t12-,13-/m1/s1. The Morgan fingerprint density at radius 1 is 1.35 bits per heavy atom. The van der Waals surface area contributed by atoms with Crippen LogP contribution in [0.2, 0.25) is 18.1 Å². The summed E-state index contributed by atoms with van der Waals surface area (Å²) in [7, 11) is -1.61. The highest BCUT2D eigenvalue weighted by atomic mass is 28.4. The van der Waals surface area contributed by atoms with Gasteiger partial charge in [-0.15, -0.1) is 6.58 Å². The lowest BCUT2D eigenvalue weighted by Crippen LogP contribution is -2.41. The van der Waals surface area contributed by atoms with E-state index in [1.54, 1.807) is 6.08 Å². The van der Waals surface area contributed by atoms with E-state index in [1.165, 1.54) is 0 Å². The van der Waals surface area contributed by atoms with Gasteiger partial charge < -0.3 is 9.53 Å². The third-order valence-corrected chi connectivity index (χ3v) is 8.43. The Morgan fingerprint density at radius 3 is 2.29 bits per heavy atom. The predicted molar refractivity (Wildman–Crippen MR) is 77.8 cm³/mol. The number of hydrogen-bond donors (Lipinski definition) is 1. The van der Waals surface area contributed by atoms with Crippen molar-refractivity contribution in [3.05, 3.63) is 12.7 Å². The van der Waals surface area contributed by atoms with Crippen LogP contribution in [0.5, 0.6) is 0 Å². The minimum absolute atomic E-state index is 0.169. The minimum atomic E-state index is -1.61. The molecule has 0 aromatic carbocycles. The smallest absolute Gasteiger partial charge is 0.191 e. The zero-order valence-corrected chi connectivity index (χ0v) is 13.4. The molecule has 0 radical (unpaired) electrons. The fourth-order valence-electron chi connectivity index (χ4n) is 1.26. The third kappa shape index (κ3) is 5.84. The van der Waals surface area contributed by atoms with E-state index in [2.05, 4.69) is 40.4 Å². The lowest BCUT2D eigenvalue weighted by molar-refractivity contribution is 0.118. The monoisotopic (exact) mass is 258 g/mol. The fourth-order valence-corrected chi connectivity index (χ4v) is 2.34. The lowest BCUT2D eigenvalue weighted by Gasteiger charge is -2.36. The van der Waals surface area contributed by atoms with Crippen LogP contribution < -0.4 is 0 Å². The summed E-state index contributed by atoms with van der Waals surface area (Å²) >= 11 is 0. The van der Waals surface area contributed by atoms with E-state index in [0.717, 1.165) is 19.4 Å². The summed E-state index contributed by atoms with van der Waals surface area (Å²) in [5.41, 5.74) is 0. The van der Waals surface area contributed by atoms with Crippen LogP contribution >= 0.6 is 0 Å². The number of hydrogen-bond acceptors (Lipinski definition) is 2. The van der Waals surface area contributed by atoms with Crippen LogP contribution in [0.25, 0.3) is 0 Å². The van der Waals surface area contributed by atoms with E-state index in [0.29, 0.717) is 0 Å². The molecule has 0 aromatic heterocycles. The van der Waals surface area contributed by atoms with Gasteiger partial charge in [-0.25, -0.2) is 0 Å². The zero-order chi connectivity index (χ0) is 13.7. The second kappa shape index (κ2) is 6.71. The molecule has 0 fully saturated rings. The average molecular weight is 258 g/mol. The Bertz CT molecular complexity index is 231. The van der Waals surface area contributed by atoms with Gasteiger partial charge in [-0.05, 0) is 36.9 Å². The molecule has 0 unspecified atom stereocenters. The molecule has 0 saturated heterocycles. The molecule has 0 saturated carbocycles. The summed E-state index contributed by atoms with van der Waals surface area (Å²) in [4.78, 5) is 0. The molecule has 1 N–H and O–H groups in total. The van der Waals surface area contributed by atoms with Crippen molar-refractivity contribution >= 4 is 8.32 Å². The van der Waals surface area contributed by atoms with Crippen LogP contribution in [0.1, 0.15) is 40.5 Å². The first-order valence-electron chi connectivity index (χ1n) is 6.56. The number of aliphatic hydroxyl groups is 1. The molecule has 3 heteroatoms. The average Bonchev–Trinajstić information content (AvgIpc) is 2.21. The minimum Gasteiger partial charge on any atom is -0.417 e. The molecule has 2 nitrogen and oxygen atoms in total. The summed E-state index contributed by atoms with van der Waals surface area (Å²) in [6.45, 7) is 17.7. The molecule has 17 heavy (non-hydrogen) atoms. The largest absolute Gasteiger partial charge is 0.417 e. The van der Waals surface area contributed by atoms with Gasteiger partial charge in [0.2, 0.25) is 0 Å².